The summed E-state index contributed by atoms with van der Waals surface area (Å²) in [4.78, 5) is 0. The van der Waals surface area contributed by atoms with Crippen molar-refractivity contribution in [2.45, 2.75) is 31.5 Å². The standard InChI is InChI=1S/C20H25N5OS/c1-2-14-26-19-11-9-17(10-12-19)16-21-13-6-15-27-20-22-23-24-25(20)18-7-4-3-5-8-18/h3-5,7-12,21H,2,6,13-16H2,1H3. The summed E-state index contributed by atoms with van der Waals surface area (Å²) in [7, 11) is 0. The summed E-state index contributed by atoms with van der Waals surface area (Å²) in [5.74, 6) is 1.90. The second-order valence-corrected chi connectivity index (χ2v) is 7.14. The molecule has 27 heavy (non-hydrogen) atoms. The third-order valence-corrected chi connectivity index (χ3v) is 4.90. The first-order valence-corrected chi connectivity index (χ1v) is 10.2. The quantitative estimate of drug-likeness (QED) is 0.402. The fourth-order valence-corrected chi connectivity index (χ4v) is 3.35. The molecule has 7 heteroatoms. The van der Waals surface area contributed by atoms with Crippen LogP contribution in [0.25, 0.3) is 5.69 Å². The molecule has 0 spiro atoms. The molecule has 0 aliphatic heterocycles. The average molecular weight is 384 g/mol. The highest BCUT2D eigenvalue weighted by atomic mass is 32.2. The lowest BCUT2D eigenvalue weighted by Crippen LogP contribution is -2.15. The first-order chi connectivity index (χ1) is 13.4. The molecule has 0 aliphatic carbocycles. The van der Waals surface area contributed by atoms with Gasteiger partial charge >= 0.3 is 0 Å². The lowest BCUT2D eigenvalue weighted by atomic mass is 10.2. The van der Waals surface area contributed by atoms with Gasteiger partial charge in [0.1, 0.15) is 5.75 Å². The average Bonchev–Trinajstić information content (AvgIpc) is 3.19. The van der Waals surface area contributed by atoms with E-state index in [0.717, 1.165) is 54.9 Å². The van der Waals surface area contributed by atoms with Crippen LogP contribution in [0.4, 0.5) is 0 Å². The second kappa shape index (κ2) is 10.7. The summed E-state index contributed by atoms with van der Waals surface area (Å²) in [5, 5.41) is 16.3. The van der Waals surface area contributed by atoms with Crippen LogP contribution in [0.5, 0.6) is 5.75 Å². The SMILES string of the molecule is CCCOc1ccc(CNCCCSc2nnnn2-c2ccccc2)cc1. The summed E-state index contributed by atoms with van der Waals surface area (Å²) < 4.78 is 7.38. The van der Waals surface area contributed by atoms with E-state index in [0.29, 0.717) is 0 Å². The third kappa shape index (κ3) is 6.08. The topological polar surface area (TPSA) is 64.9 Å². The van der Waals surface area contributed by atoms with E-state index in [9.17, 15) is 0 Å². The summed E-state index contributed by atoms with van der Waals surface area (Å²) in [6.45, 7) is 4.69. The zero-order chi connectivity index (χ0) is 18.7. The number of tetrazole rings is 1. The molecule has 0 radical (unpaired) electrons. The predicted molar refractivity (Wildman–Crippen MR) is 108 cm³/mol. The number of para-hydroxylation sites is 1. The Balaban J connectivity index is 1.35. The van der Waals surface area contributed by atoms with Gasteiger partial charge in [-0.3, -0.25) is 0 Å². The molecule has 3 rings (SSSR count). The van der Waals surface area contributed by atoms with Gasteiger partial charge in [-0.2, -0.15) is 4.68 Å². The maximum atomic E-state index is 5.60. The number of nitrogens with zero attached hydrogens (tertiary/aromatic N) is 4. The van der Waals surface area contributed by atoms with E-state index < -0.39 is 0 Å². The molecule has 1 aromatic heterocycles. The van der Waals surface area contributed by atoms with Gasteiger partial charge in [0.25, 0.3) is 0 Å². The normalized spacial score (nSPS) is 10.9. The minimum absolute atomic E-state index is 0.767. The second-order valence-electron chi connectivity index (χ2n) is 6.08. The van der Waals surface area contributed by atoms with Crippen molar-refractivity contribution in [2.75, 3.05) is 18.9 Å². The summed E-state index contributed by atoms with van der Waals surface area (Å²) in [5.41, 5.74) is 2.24. The van der Waals surface area contributed by atoms with Gasteiger partial charge in [0.2, 0.25) is 5.16 Å². The van der Waals surface area contributed by atoms with Crippen molar-refractivity contribution in [3.8, 4) is 11.4 Å². The van der Waals surface area contributed by atoms with Gasteiger partial charge in [0.05, 0.1) is 12.3 Å². The largest absolute Gasteiger partial charge is 0.494 e. The van der Waals surface area contributed by atoms with E-state index in [1.807, 2.05) is 42.5 Å². The minimum atomic E-state index is 0.767. The van der Waals surface area contributed by atoms with E-state index in [2.05, 4.69) is 39.9 Å². The zero-order valence-corrected chi connectivity index (χ0v) is 16.4. The Labute approximate surface area is 164 Å². The molecule has 0 atom stereocenters. The van der Waals surface area contributed by atoms with E-state index in [1.165, 1.54) is 5.56 Å². The highest BCUT2D eigenvalue weighted by Crippen LogP contribution is 2.18. The molecular weight excluding hydrogens is 358 g/mol. The molecule has 0 saturated heterocycles. The van der Waals surface area contributed by atoms with Crippen LogP contribution in [0.15, 0.2) is 59.8 Å². The fourth-order valence-electron chi connectivity index (χ4n) is 2.52. The van der Waals surface area contributed by atoms with Crippen LogP contribution in [0.2, 0.25) is 0 Å². The molecule has 0 unspecified atom stereocenters. The van der Waals surface area contributed by atoms with Crippen LogP contribution in [0.3, 0.4) is 0 Å². The van der Waals surface area contributed by atoms with Crippen molar-refractivity contribution in [2.24, 2.45) is 0 Å². The number of hydrogen-bond acceptors (Lipinski definition) is 6. The number of thioether (sulfide) groups is 1. The van der Waals surface area contributed by atoms with Crippen LogP contribution >= 0.6 is 11.8 Å². The molecule has 2 aromatic carbocycles. The van der Waals surface area contributed by atoms with Gasteiger partial charge in [0.15, 0.2) is 0 Å². The van der Waals surface area contributed by atoms with Crippen LogP contribution < -0.4 is 10.1 Å². The lowest BCUT2D eigenvalue weighted by molar-refractivity contribution is 0.317. The summed E-state index contributed by atoms with van der Waals surface area (Å²) in [6.07, 6.45) is 2.07. The Morgan fingerprint density at radius 3 is 2.67 bits per heavy atom. The number of hydrogen-bond donors (Lipinski definition) is 1. The van der Waals surface area contributed by atoms with E-state index >= 15 is 0 Å². The zero-order valence-electron chi connectivity index (χ0n) is 15.5. The first kappa shape index (κ1) is 19.4. The Hall–Kier alpha value is -2.38. The van der Waals surface area contributed by atoms with Crippen LogP contribution in [-0.2, 0) is 6.54 Å². The van der Waals surface area contributed by atoms with Crippen molar-refractivity contribution >= 4 is 11.8 Å². The molecule has 3 aromatic rings. The number of rotatable bonds is 11. The number of ether oxygens (including phenoxy) is 1. The molecule has 1 N–H and O–H groups in total. The number of nitrogens with one attached hydrogen (secondary N) is 1. The van der Waals surface area contributed by atoms with Gasteiger partial charge in [-0.1, -0.05) is 49.0 Å². The molecule has 0 saturated carbocycles. The van der Waals surface area contributed by atoms with E-state index in [4.69, 9.17) is 4.74 Å². The van der Waals surface area contributed by atoms with Crippen LogP contribution in [-0.4, -0.2) is 39.1 Å². The minimum Gasteiger partial charge on any atom is -0.494 e. The van der Waals surface area contributed by atoms with E-state index in [-0.39, 0.29) is 0 Å². The summed E-state index contributed by atoms with van der Waals surface area (Å²) in [6, 6.07) is 18.2. The van der Waals surface area contributed by atoms with Gasteiger partial charge in [-0.25, -0.2) is 0 Å². The van der Waals surface area contributed by atoms with Crippen molar-refractivity contribution in [1.82, 2.24) is 25.5 Å². The lowest BCUT2D eigenvalue weighted by Gasteiger charge is -2.07. The maximum Gasteiger partial charge on any atom is 0.214 e. The predicted octanol–water partition coefficient (Wildman–Crippen LogP) is 3.72. The molecule has 0 fully saturated rings. The monoisotopic (exact) mass is 383 g/mol. The van der Waals surface area contributed by atoms with Crippen molar-refractivity contribution in [3.05, 3.63) is 60.2 Å². The van der Waals surface area contributed by atoms with Crippen molar-refractivity contribution < 1.29 is 4.74 Å². The third-order valence-electron chi connectivity index (χ3n) is 3.90. The Morgan fingerprint density at radius 2 is 1.89 bits per heavy atom. The Morgan fingerprint density at radius 1 is 1.07 bits per heavy atom. The molecule has 0 aliphatic rings. The fraction of sp³-hybridized carbons (Fsp3) is 0.350. The van der Waals surface area contributed by atoms with Crippen molar-refractivity contribution in [1.29, 1.82) is 0 Å². The molecular formula is C20H25N5OS. The molecule has 6 nitrogen and oxygen atoms in total. The number of aromatic nitrogens is 4. The number of benzene rings is 2. The molecule has 142 valence electrons. The maximum absolute atomic E-state index is 5.60. The molecule has 1 heterocycles. The highest BCUT2D eigenvalue weighted by Gasteiger charge is 2.07. The van der Waals surface area contributed by atoms with Crippen LogP contribution in [0.1, 0.15) is 25.3 Å². The molecule has 0 amide bonds. The van der Waals surface area contributed by atoms with Crippen LogP contribution in [0, 0.1) is 0 Å². The van der Waals surface area contributed by atoms with E-state index in [1.54, 1.807) is 16.4 Å². The van der Waals surface area contributed by atoms with Gasteiger partial charge in [0, 0.05) is 12.3 Å². The molecule has 0 bridgehead atoms. The van der Waals surface area contributed by atoms with Gasteiger partial charge < -0.3 is 10.1 Å². The van der Waals surface area contributed by atoms with Gasteiger partial charge in [-0.05, 0) is 59.6 Å². The Kier molecular flexibility index (Phi) is 7.68. The first-order valence-electron chi connectivity index (χ1n) is 9.26. The summed E-state index contributed by atoms with van der Waals surface area (Å²) >= 11 is 1.67. The highest BCUT2D eigenvalue weighted by molar-refractivity contribution is 7.99. The Bertz CT molecular complexity index is 792. The van der Waals surface area contributed by atoms with Crippen molar-refractivity contribution in [3.63, 3.8) is 0 Å². The van der Waals surface area contributed by atoms with Gasteiger partial charge in [-0.15, -0.1) is 5.10 Å². The smallest absolute Gasteiger partial charge is 0.214 e.